The second-order valence-electron chi connectivity index (χ2n) is 5.55. The van der Waals surface area contributed by atoms with E-state index in [0.29, 0.717) is 6.54 Å². The summed E-state index contributed by atoms with van der Waals surface area (Å²) >= 11 is 0. The summed E-state index contributed by atoms with van der Waals surface area (Å²) in [5, 5.41) is 6.71. The Hall–Kier alpha value is -2.84. The number of fused-ring (bicyclic) bond motifs is 1. The first-order valence-electron chi connectivity index (χ1n) is 7.97. The van der Waals surface area contributed by atoms with E-state index in [-0.39, 0.29) is 0 Å². The van der Waals surface area contributed by atoms with Crippen molar-refractivity contribution in [2.75, 3.05) is 0 Å². The van der Waals surface area contributed by atoms with Crippen LogP contribution in [-0.4, -0.2) is 19.7 Å². The predicted molar refractivity (Wildman–Crippen MR) is 105 cm³/mol. The molecule has 0 bridgehead atoms. The largest absolute Gasteiger partial charge is 0.259 e. The van der Waals surface area contributed by atoms with Gasteiger partial charge in [-0.05, 0) is 36.8 Å². The first-order valence-corrected chi connectivity index (χ1v) is 8.47. The van der Waals surface area contributed by atoms with Crippen molar-refractivity contribution in [2.24, 2.45) is 0 Å². The van der Waals surface area contributed by atoms with Crippen LogP contribution in [0.25, 0.3) is 16.5 Å². The smallest absolute Gasteiger partial charge is 0.113 e. The van der Waals surface area contributed by atoms with Crippen LogP contribution in [-0.2, 0) is 6.54 Å². The Bertz CT molecular complexity index is 1020. The molecule has 25 heavy (non-hydrogen) atoms. The molecule has 0 spiro atoms. The number of allylic oxidation sites excluding steroid dienone is 5. The third-order valence-corrected chi connectivity index (χ3v) is 4.30. The molecular weight excluding hydrogens is 327 g/mol. The summed E-state index contributed by atoms with van der Waals surface area (Å²) in [4.78, 5) is 8.93. The molecule has 0 N–H and O–H groups in total. The molecule has 0 fully saturated rings. The van der Waals surface area contributed by atoms with Gasteiger partial charge >= 0.3 is 0 Å². The van der Waals surface area contributed by atoms with Crippen molar-refractivity contribution in [3.63, 3.8) is 0 Å². The Kier molecular flexibility index (Phi) is 5.32. The maximum atomic E-state index is 4.81. The zero-order valence-corrected chi connectivity index (χ0v) is 15.1. The zero-order valence-electron chi connectivity index (χ0n) is 14.1. The maximum absolute atomic E-state index is 4.81. The molecular formula is C20H19N4P. The van der Waals surface area contributed by atoms with E-state index in [1.807, 2.05) is 60.2 Å². The molecule has 0 aliphatic carbocycles. The average molecular weight is 346 g/mol. The first-order chi connectivity index (χ1) is 12.2. The Morgan fingerprint density at radius 2 is 2.00 bits per heavy atom. The lowest BCUT2D eigenvalue weighted by molar-refractivity contribution is 0.645. The van der Waals surface area contributed by atoms with Gasteiger partial charge < -0.3 is 0 Å². The van der Waals surface area contributed by atoms with Crippen LogP contribution < -0.4 is 0 Å². The van der Waals surface area contributed by atoms with Crippen LogP contribution in [0.3, 0.4) is 0 Å². The summed E-state index contributed by atoms with van der Waals surface area (Å²) in [7, 11) is 3.73. The number of hydrogen-bond acceptors (Lipinski definition) is 3. The average Bonchev–Trinajstić information content (AvgIpc) is 2.65. The normalized spacial score (nSPS) is 12.0. The van der Waals surface area contributed by atoms with Crippen molar-refractivity contribution in [3.8, 4) is 0 Å². The van der Waals surface area contributed by atoms with E-state index in [1.54, 1.807) is 18.5 Å². The fourth-order valence-electron chi connectivity index (χ4n) is 2.52. The lowest BCUT2D eigenvalue weighted by Gasteiger charge is -2.12. The van der Waals surface area contributed by atoms with Crippen molar-refractivity contribution in [1.29, 1.82) is 0 Å². The van der Waals surface area contributed by atoms with Gasteiger partial charge in [0.1, 0.15) is 11.2 Å². The van der Waals surface area contributed by atoms with Crippen molar-refractivity contribution in [1.82, 2.24) is 19.7 Å². The second-order valence-corrected chi connectivity index (χ2v) is 6.02. The molecule has 0 radical (unpaired) electrons. The van der Waals surface area contributed by atoms with E-state index < -0.39 is 0 Å². The first kappa shape index (κ1) is 17.0. The molecule has 0 amide bonds. The van der Waals surface area contributed by atoms with Crippen LogP contribution in [0.2, 0.25) is 0 Å². The molecule has 3 rings (SSSR count). The van der Waals surface area contributed by atoms with E-state index in [9.17, 15) is 0 Å². The van der Waals surface area contributed by atoms with Crippen LogP contribution >= 0.6 is 8.86 Å². The number of pyridine rings is 2. The topological polar surface area (TPSA) is 43.6 Å². The number of rotatable bonds is 5. The fourth-order valence-corrected chi connectivity index (χ4v) is 2.86. The minimum absolute atomic E-state index is 0.577. The number of aromatic nitrogens is 4. The van der Waals surface area contributed by atoms with Crippen molar-refractivity contribution in [2.45, 2.75) is 13.5 Å². The molecule has 3 heterocycles. The lowest BCUT2D eigenvalue weighted by Crippen LogP contribution is -2.11. The summed E-state index contributed by atoms with van der Waals surface area (Å²) < 4.78 is 1.91. The van der Waals surface area contributed by atoms with Gasteiger partial charge in [-0.3, -0.25) is 14.6 Å². The molecule has 124 valence electrons. The van der Waals surface area contributed by atoms with Crippen LogP contribution in [0.15, 0.2) is 73.6 Å². The Labute approximate surface area is 149 Å². The Morgan fingerprint density at radius 3 is 2.76 bits per heavy atom. The molecule has 0 atom stereocenters. The fraction of sp³-hybridized carbons (Fsp3) is 0.100. The third-order valence-electron chi connectivity index (χ3n) is 3.77. The molecule has 4 nitrogen and oxygen atoms in total. The maximum Gasteiger partial charge on any atom is 0.113 e. The monoisotopic (exact) mass is 346 g/mol. The summed E-state index contributed by atoms with van der Waals surface area (Å²) in [5.74, 6) is 0. The van der Waals surface area contributed by atoms with Gasteiger partial charge in [0.25, 0.3) is 0 Å². The highest BCUT2D eigenvalue weighted by Crippen LogP contribution is 2.22. The van der Waals surface area contributed by atoms with Gasteiger partial charge in [0.2, 0.25) is 0 Å². The van der Waals surface area contributed by atoms with Gasteiger partial charge in [0.15, 0.2) is 0 Å². The standard InChI is InChI=1S/C20H19N4P/c1-3-4-5-9-15(2)18-19-17(11-8-13-22-19)20(25)24(23-18)14-16-10-6-7-12-21-16/h3-13,25H,1,14H2,2H3/b5-4-,15-9+. The molecule has 3 aromatic rings. The van der Waals surface area contributed by atoms with Gasteiger partial charge in [-0.25, -0.2) is 0 Å². The highest BCUT2D eigenvalue weighted by Gasteiger charge is 2.10. The van der Waals surface area contributed by atoms with Crippen LogP contribution in [0.1, 0.15) is 18.3 Å². The van der Waals surface area contributed by atoms with Gasteiger partial charge in [-0.1, -0.05) is 45.8 Å². The Morgan fingerprint density at radius 1 is 1.16 bits per heavy atom. The van der Waals surface area contributed by atoms with Gasteiger partial charge in [0, 0.05) is 17.8 Å². The quantitative estimate of drug-likeness (QED) is 0.497. The van der Waals surface area contributed by atoms with Gasteiger partial charge in [-0.2, -0.15) is 5.10 Å². The summed E-state index contributed by atoms with van der Waals surface area (Å²) in [6.45, 7) is 6.30. The van der Waals surface area contributed by atoms with Crippen LogP contribution in [0, 0.1) is 5.07 Å². The third kappa shape index (κ3) is 3.81. The van der Waals surface area contributed by atoms with Crippen LogP contribution in [0.4, 0.5) is 0 Å². The molecule has 0 saturated heterocycles. The van der Waals surface area contributed by atoms with E-state index in [1.165, 1.54) is 0 Å². The summed E-state index contributed by atoms with van der Waals surface area (Å²) in [5.41, 5.74) is 3.69. The Balaban J connectivity index is 2.17. The molecule has 0 aliphatic heterocycles. The minimum atomic E-state index is 0.577. The second kappa shape index (κ2) is 7.82. The van der Waals surface area contributed by atoms with E-state index in [0.717, 1.165) is 32.9 Å². The molecule has 3 aromatic heterocycles. The highest BCUT2D eigenvalue weighted by atomic mass is 31.0. The van der Waals surface area contributed by atoms with Gasteiger partial charge in [-0.15, -0.1) is 0 Å². The number of nitrogens with zero attached hydrogens (tertiary/aromatic N) is 4. The van der Waals surface area contributed by atoms with Crippen LogP contribution in [0.5, 0.6) is 0 Å². The molecule has 0 aliphatic rings. The molecule has 0 unspecified atom stereocenters. The summed E-state index contributed by atoms with van der Waals surface area (Å²) in [6.07, 6.45) is 11.2. The highest BCUT2D eigenvalue weighted by molar-refractivity contribution is 7.07. The van der Waals surface area contributed by atoms with Crippen molar-refractivity contribution in [3.05, 3.63) is 90.1 Å². The van der Waals surface area contributed by atoms with Crippen molar-refractivity contribution < 1.29 is 0 Å². The van der Waals surface area contributed by atoms with Crippen molar-refractivity contribution >= 4 is 25.3 Å². The SMILES string of the molecule is C=C/C=C\C=C(/C)c1nn(Cc2ccccn2)c(=P)c2cccnc12. The molecule has 0 aromatic carbocycles. The van der Waals surface area contributed by atoms with Gasteiger partial charge in [0.05, 0.1) is 17.3 Å². The minimum Gasteiger partial charge on any atom is -0.259 e. The summed E-state index contributed by atoms with van der Waals surface area (Å²) in [6, 6.07) is 9.84. The lowest BCUT2D eigenvalue weighted by atomic mass is 10.1. The molecule has 0 saturated carbocycles. The predicted octanol–water partition coefficient (Wildman–Crippen LogP) is 4.69. The molecule has 5 heteroatoms. The van der Waals surface area contributed by atoms with E-state index in [2.05, 4.69) is 25.4 Å². The zero-order chi connectivity index (χ0) is 17.6. The number of hydrogen-bond donors (Lipinski definition) is 0. The van der Waals surface area contributed by atoms with E-state index in [4.69, 9.17) is 5.10 Å². The van der Waals surface area contributed by atoms with E-state index >= 15 is 0 Å².